The van der Waals surface area contributed by atoms with Crippen molar-refractivity contribution in [3.8, 4) is 11.5 Å². The molecule has 0 aliphatic carbocycles. The Kier molecular flexibility index (Phi) is 5.38. The van der Waals surface area contributed by atoms with Gasteiger partial charge in [-0.25, -0.2) is 0 Å². The third kappa shape index (κ3) is 3.46. The fourth-order valence-corrected chi connectivity index (χ4v) is 3.09. The maximum atomic E-state index is 6.30. The molecule has 0 spiro atoms. The van der Waals surface area contributed by atoms with Crippen LogP contribution >= 0.6 is 39.1 Å². The van der Waals surface area contributed by atoms with Crippen molar-refractivity contribution in [1.29, 1.82) is 0 Å². The fraction of sp³-hybridized carbons (Fsp3) is 0.200. The topological polar surface area (TPSA) is 44.5 Å². The van der Waals surface area contributed by atoms with Crippen molar-refractivity contribution in [1.82, 2.24) is 0 Å². The summed E-state index contributed by atoms with van der Waals surface area (Å²) < 4.78 is 11.4. The number of rotatable bonds is 4. The van der Waals surface area contributed by atoms with Crippen LogP contribution in [-0.4, -0.2) is 14.2 Å². The van der Waals surface area contributed by atoms with Crippen molar-refractivity contribution in [2.75, 3.05) is 14.2 Å². The average Bonchev–Trinajstić information content (AvgIpc) is 2.46. The van der Waals surface area contributed by atoms with Crippen molar-refractivity contribution in [3.63, 3.8) is 0 Å². The van der Waals surface area contributed by atoms with Gasteiger partial charge in [-0.1, -0.05) is 45.2 Å². The van der Waals surface area contributed by atoms with Gasteiger partial charge in [0.2, 0.25) is 0 Å². The molecule has 0 heterocycles. The van der Waals surface area contributed by atoms with Gasteiger partial charge in [-0.15, -0.1) is 0 Å². The zero-order valence-corrected chi connectivity index (χ0v) is 14.6. The Labute approximate surface area is 142 Å². The number of hydrogen-bond donors (Lipinski definition) is 1. The Hall–Kier alpha value is -0.940. The first-order chi connectivity index (χ1) is 9.97. The molecule has 0 aromatic heterocycles. The van der Waals surface area contributed by atoms with E-state index in [2.05, 4.69) is 15.9 Å². The summed E-state index contributed by atoms with van der Waals surface area (Å²) in [5, 5.41) is 1.07. The Balaban J connectivity index is 2.50. The van der Waals surface area contributed by atoms with Crippen molar-refractivity contribution < 1.29 is 9.47 Å². The van der Waals surface area contributed by atoms with E-state index in [4.69, 9.17) is 38.4 Å². The summed E-state index contributed by atoms with van der Waals surface area (Å²) in [5.41, 5.74) is 7.81. The first-order valence-electron chi connectivity index (χ1n) is 6.10. The third-order valence-corrected chi connectivity index (χ3v) is 4.28. The second-order valence-corrected chi connectivity index (χ2v) is 6.10. The van der Waals surface area contributed by atoms with E-state index >= 15 is 0 Å². The quantitative estimate of drug-likeness (QED) is 0.813. The molecule has 0 amide bonds. The second-order valence-electron chi connectivity index (χ2n) is 4.37. The molecule has 2 aromatic rings. The predicted molar refractivity (Wildman–Crippen MR) is 89.7 cm³/mol. The molecule has 0 saturated heterocycles. The van der Waals surface area contributed by atoms with E-state index in [0.717, 1.165) is 15.6 Å². The highest BCUT2D eigenvalue weighted by molar-refractivity contribution is 9.10. The van der Waals surface area contributed by atoms with E-state index in [1.165, 1.54) is 0 Å². The van der Waals surface area contributed by atoms with Gasteiger partial charge in [0.25, 0.3) is 0 Å². The number of ether oxygens (including phenoxy) is 2. The van der Waals surface area contributed by atoms with Gasteiger partial charge in [-0.05, 0) is 29.3 Å². The first-order valence-corrected chi connectivity index (χ1v) is 7.64. The molecule has 0 fully saturated rings. The van der Waals surface area contributed by atoms with Gasteiger partial charge in [0, 0.05) is 20.6 Å². The van der Waals surface area contributed by atoms with E-state index in [1.54, 1.807) is 32.4 Å². The van der Waals surface area contributed by atoms with Crippen molar-refractivity contribution >= 4 is 39.1 Å². The van der Waals surface area contributed by atoms with Gasteiger partial charge >= 0.3 is 0 Å². The molecule has 2 N–H and O–H groups in total. The Bertz CT molecular complexity index is 664. The molecule has 6 heteroatoms. The Morgan fingerprint density at radius 3 is 2.10 bits per heavy atom. The third-order valence-electron chi connectivity index (χ3n) is 3.14. The predicted octanol–water partition coefficient (Wildman–Crippen LogP) is 4.82. The fourth-order valence-electron chi connectivity index (χ4n) is 2.03. The SMILES string of the molecule is COc1cc(Cl)c(C(N)c2ccc(Br)cc2Cl)cc1OC. The van der Waals surface area contributed by atoms with E-state index in [0.29, 0.717) is 21.5 Å². The Morgan fingerprint density at radius 2 is 1.52 bits per heavy atom. The number of nitrogens with two attached hydrogens (primary N) is 1. The van der Waals surface area contributed by atoms with Crippen LogP contribution in [0.3, 0.4) is 0 Å². The lowest BCUT2D eigenvalue weighted by Crippen LogP contribution is -2.13. The minimum atomic E-state index is -0.460. The monoisotopic (exact) mass is 389 g/mol. The zero-order valence-electron chi connectivity index (χ0n) is 11.5. The van der Waals surface area contributed by atoms with E-state index in [1.807, 2.05) is 12.1 Å². The van der Waals surface area contributed by atoms with Crippen LogP contribution in [0.25, 0.3) is 0 Å². The summed E-state index contributed by atoms with van der Waals surface area (Å²) >= 11 is 15.9. The highest BCUT2D eigenvalue weighted by Gasteiger charge is 2.19. The van der Waals surface area contributed by atoms with Crippen LogP contribution in [0.1, 0.15) is 17.2 Å². The Morgan fingerprint density at radius 1 is 0.952 bits per heavy atom. The first kappa shape index (κ1) is 16.4. The van der Waals surface area contributed by atoms with Crippen LogP contribution in [0.2, 0.25) is 10.0 Å². The minimum absolute atomic E-state index is 0.460. The number of halogens is 3. The molecule has 112 valence electrons. The smallest absolute Gasteiger partial charge is 0.162 e. The van der Waals surface area contributed by atoms with Gasteiger partial charge in [-0.2, -0.15) is 0 Å². The van der Waals surface area contributed by atoms with Gasteiger partial charge in [0.05, 0.1) is 20.3 Å². The molecule has 0 radical (unpaired) electrons. The van der Waals surface area contributed by atoms with Gasteiger partial charge in [0.15, 0.2) is 11.5 Å². The average molecular weight is 391 g/mol. The normalized spacial score (nSPS) is 12.1. The van der Waals surface area contributed by atoms with Crippen LogP contribution in [-0.2, 0) is 0 Å². The van der Waals surface area contributed by atoms with Gasteiger partial charge < -0.3 is 15.2 Å². The molecule has 2 aromatic carbocycles. The summed E-state index contributed by atoms with van der Waals surface area (Å²) in [5.74, 6) is 1.13. The lowest BCUT2D eigenvalue weighted by Gasteiger charge is -2.18. The number of methoxy groups -OCH3 is 2. The van der Waals surface area contributed by atoms with Crippen LogP contribution in [0.4, 0.5) is 0 Å². The standard InChI is InChI=1S/C15H14BrCl2NO2/c1-20-13-6-10(12(18)7-14(13)21-2)15(19)9-4-3-8(16)5-11(9)17/h3-7,15H,19H2,1-2H3. The van der Waals surface area contributed by atoms with Crippen LogP contribution in [0, 0.1) is 0 Å². The summed E-state index contributed by atoms with van der Waals surface area (Å²) in [6, 6.07) is 8.54. The summed E-state index contributed by atoms with van der Waals surface area (Å²) in [4.78, 5) is 0. The summed E-state index contributed by atoms with van der Waals surface area (Å²) in [6.07, 6.45) is 0. The van der Waals surface area contributed by atoms with E-state index < -0.39 is 6.04 Å². The molecular weight excluding hydrogens is 377 g/mol. The molecule has 1 atom stereocenters. The summed E-state index contributed by atoms with van der Waals surface area (Å²) in [7, 11) is 3.12. The zero-order chi connectivity index (χ0) is 15.6. The van der Waals surface area contributed by atoms with Crippen molar-refractivity contribution in [3.05, 3.63) is 56.0 Å². The maximum Gasteiger partial charge on any atom is 0.162 e. The van der Waals surface area contributed by atoms with E-state index in [9.17, 15) is 0 Å². The number of hydrogen-bond acceptors (Lipinski definition) is 3. The van der Waals surface area contributed by atoms with Crippen LogP contribution in [0.5, 0.6) is 11.5 Å². The molecule has 0 aliphatic rings. The lowest BCUT2D eigenvalue weighted by molar-refractivity contribution is 0.354. The molecular formula is C15H14BrCl2NO2. The molecule has 0 saturated carbocycles. The van der Waals surface area contributed by atoms with Crippen molar-refractivity contribution in [2.45, 2.75) is 6.04 Å². The highest BCUT2D eigenvalue weighted by atomic mass is 79.9. The van der Waals surface area contributed by atoms with Crippen molar-refractivity contribution in [2.24, 2.45) is 5.73 Å². The van der Waals surface area contributed by atoms with Crippen LogP contribution < -0.4 is 15.2 Å². The largest absolute Gasteiger partial charge is 0.493 e. The van der Waals surface area contributed by atoms with Gasteiger partial charge in [-0.3, -0.25) is 0 Å². The number of benzene rings is 2. The molecule has 1 unspecified atom stereocenters. The molecule has 0 bridgehead atoms. The van der Waals surface area contributed by atoms with Gasteiger partial charge in [0.1, 0.15) is 0 Å². The lowest BCUT2D eigenvalue weighted by atomic mass is 9.99. The maximum absolute atomic E-state index is 6.30. The van der Waals surface area contributed by atoms with Crippen LogP contribution in [0.15, 0.2) is 34.8 Å². The molecule has 2 rings (SSSR count). The molecule has 3 nitrogen and oxygen atoms in total. The minimum Gasteiger partial charge on any atom is -0.493 e. The molecule has 21 heavy (non-hydrogen) atoms. The summed E-state index contributed by atoms with van der Waals surface area (Å²) in [6.45, 7) is 0. The highest BCUT2D eigenvalue weighted by Crippen LogP contribution is 2.38. The second kappa shape index (κ2) is 6.88. The molecule has 0 aliphatic heterocycles. The van der Waals surface area contributed by atoms with E-state index in [-0.39, 0.29) is 0 Å².